The number of likely N-dealkylation sites (tertiary alicyclic amines) is 1. The molecule has 0 aliphatic carbocycles. The van der Waals surface area contributed by atoms with Gasteiger partial charge in [0, 0.05) is 41.1 Å². The van der Waals surface area contributed by atoms with Crippen LogP contribution in [0.4, 0.5) is 11.4 Å². The summed E-state index contributed by atoms with van der Waals surface area (Å²) in [6, 6.07) is 14.5. The van der Waals surface area contributed by atoms with Crippen molar-refractivity contribution in [3.8, 4) is 0 Å². The Morgan fingerprint density at radius 2 is 1.93 bits per heavy atom. The number of nitrogens with one attached hydrogen (secondary N) is 2. The number of nitrogens with zero attached hydrogens (tertiary/aromatic N) is 1. The van der Waals surface area contributed by atoms with Crippen LogP contribution in [0.15, 0.2) is 53.0 Å². The molecular formula is C21H24BrN3O3. The molecule has 6 nitrogen and oxygen atoms in total. The fourth-order valence-corrected chi connectivity index (χ4v) is 3.53. The Hall–Kier alpha value is -2.38. The SMILES string of the molecule is O=C(CNc1cccc(C(=O)N2CCCC(CO)C2)c1)Nc1ccc(Br)cc1. The van der Waals surface area contributed by atoms with Gasteiger partial charge in [-0.05, 0) is 61.2 Å². The third-order valence-electron chi connectivity index (χ3n) is 4.75. The van der Waals surface area contributed by atoms with Crippen molar-refractivity contribution >= 4 is 39.1 Å². The van der Waals surface area contributed by atoms with E-state index in [0.717, 1.165) is 23.0 Å². The molecule has 1 aliphatic heterocycles. The predicted molar refractivity (Wildman–Crippen MR) is 113 cm³/mol. The van der Waals surface area contributed by atoms with Crippen LogP contribution in [0.3, 0.4) is 0 Å². The summed E-state index contributed by atoms with van der Waals surface area (Å²) >= 11 is 3.36. The van der Waals surface area contributed by atoms with Crippen molar-refractivity contribution in [2.75, 3.05) is 36.9 Å². The normalized spacial score (nSPS) is 16.5. The number of rotatable bonds is 6. The number of aliphatic hydroxyl groups excluding tert-OH is 1. The molecule has 2 aromatic rings. The van der Waals surface area contributed by atoms with Gasteiger partial charge in [-0.3, -0.25) is 9.59 Å². The third-order valence-corrected chi connectivity index (χ3v) is 5.28. The highest BCUT2D eigenvalue weighted by atomic mass is 79.9. The standard InChI is InChI=1S/C21H24BrN3O3/c22-17-6-8-18(9-7-17)24-20(27)12-23-19-5-1-4-16(11-19)21(28)25-10-2-3-15(13-25)14-26/h1,4-9,11,15,23,26H,2-3,10,12-14H2,(H,24,27). The van der Waals surface area contributed by atoms with Crippen molar-refractivity contribution in [2.45, 2.75) is 12.8 Å². The molecule has 0 aromatic heterocycles. The van der Waals surface area contributed by atoms with Gasteiger partial charge >= 0.3 is 0 Å². The Labute approximate surface area is 173 Å². The first-order chi connectivity index (χ1) is 13.5. The summed E-state index contributed by atoms with van der Waals surface area (Å²) in [7, 11) is 0. The highest BCUT2D eigenvalue weighted by Crippen LogP contribution is 2.20. The number of carbonyl (C=O) groups is 2. The molecule has 0 bridgehead atoms. The van der Waals surface area contributed by atoms with Crippen molar-refractivity contribution in [2.24, 2.45) is 5.92 Å². The number of piperidine rings is 1. The van der Waals surface area contributed by atoms with Crippen molar-refractivity contribution in [1.29, 1.82) is 0 Å². The van der Waals surface area contributed by atoms with Gasteiger partial charge in [-0.1, -0.05) is 22.0 Å². The Kier molecular flexibility index (Phi) is 7.06. The molecule has 1 aliphatic rings. The largest absolute Gasteiger partial charge is 0.396 e. The van der Waals surface area contributed by atoms with E-state index in [1.54, 1.807) is 23.1 Å². The van der Waals surface area contributed by atoms with Gasteiger partial charge in [0.1, 0.15) is 0 Å². The number of benzene rings is 2. The third kappa shape index (κ3) is 5.56. The molecule has 0 spiro atoms. The maximum atomic E-state index is 12.8. The Morgan fingerprint density at radius 1 is 1.14 bits per heavy atom. The predicted octanol–water partition coefficient (Wildman–Crippen LogP) is 3.34. The van der Waals surface area contributed by atoms with Gasteiger partial charge in [-0.2, -0.15) is 0 Å². The average molecular weight is 446 g/mol. The molecule has 1 unspecified atom stereocenters. The first-order valence-electron chi connectivity index (χ1n) is 9.34. The average Bonchev–Trinajstić information content (AvgIpc) is 2.73. The van der Waals surface area contributed by atoms with Crippen LogP contribution in [0.25, 0.3) is 0 Å². The highest BCUT2D eigenvalue weighted by Gasteiger charge is 2.24. The fourth-order valence-electron chi connectivity index (χ4n) is 3.26. The van der Waals surface area contributed by atoms with Crippen molar-refractivity contribution < 1.29 is 14.7 Å². The van der Waals surface area contributed by atoms with Gasteiger partial charge in [0.15, 0.2) is 0 Å². The lowest BCUT2D eigenvalue weighted by atomic mass is 9.98. The maximum Gasteiger partial charge on any atom is 0.253 e. The molecule has 1 saturated heterocycles. The number of anilines is 2. The summed E-state index contributed by atoms with van der Waals surface area (Å²) < 4.78 is 0.948. The maximum absolute atomic E-state index is 12.8. The van der Waals surface area contributed by atoms with E-state index in [4.69, 9.17) is 0 Å². The second-order valence-electron chi connectivity index (χ2n) is 6.93. The smallest absolute Gasteiger partial charge is 0.253 e. The van der Waals surface area contributed by atoms with E-state index in [0.29, 0.717) is 24.3 Å². The van der Waals surface area contributed by atoms with Gasteiger partial charge in [-0.25, -0.2) is 0 Å². The zero-order chi connectivity index (χ0) is 19.9. The molecule has 28 heavy (non-hydrogen) atoms. The number of halogens is 1. The highest BCUT2D eigenvalue weighted by molar-refractivity contribution is 9.10. The van der Waals surface area contributed by atoms with E-state index >= 15 is 0 Å². The second kappa shape index (κ2) is 9.71. The molecule has 2 amide bonds. The van der Waals surface area contributed by atoms with Crippen LogP contribution in [-0.4, -0.2) is 48.1 Å². The van der Waals surface area contributed by atoms with Gasteiger partial charge < -0.3 is 20.6 Å². The van der Waals surface area contributed by atoms with Crippen LogP contribution < -0.4 is 10.6 Å². The number of hydrogen-bond acceptors (Lipinski definition) is 4. The minimum Gasteiger partial charge on any atom is -0.396 e. The van der Waals surface area contributed by atoms with Crippen LogP contribution in [0.1, 0.15) is 23.2 Å². The van der Waals surface area contributed by atoms with Crippen LogP contribution in [-0.2, 0) is 4.79 Å². The minimum absolute atomic E-state index is 0.0406. The van der Waals surface area contributed by atoms with Crippen LogP contribution in [0.5, 0.6) is 0 Å². The molecule has 3 rings (SSSR count). The first kappa shape index (κ1) is 20.4. The van der Waals surface area contributed by atoms with Gasteiger partial charge in [0.25, 0.3) is 5.91 Å². The number of amides is 2. The summed E-state index contributed by atoms with van der Waals surface area (Å²) in [5.74, 6) is -0.0525. The van der Waals surface area contributed by atoms with Crippen LogP contribution >= 0.6 is 15.9 Å². The monoisotopic (exact) mass is 445 g/mol. The van der Waals surface area contributed by atoms with E-state index in [1.165, 1.54) is 0 Å². The van der Waals surface area contributed by atoms with E-state index in [2.05, 4.69) is 26.6 Å². The Bertz CT molecular complexity index is 826. The number of carbonyl (C=O) groups excluding carboxylic acids is 2. The topological polar surface area (TPSA) is 81.7 Å². The molecule has 1 heterocycles. The lowest BCUT2D eigenvalue weighted by Crippen LogP contribution is -2.40. The number of aliphatic hydroxyl groups is 1. The fraction of sp³-hybridized carbons (Fsp3) is 0.333. The summed E-state index contributed by atoms with van der Waals surface area (Å²) in [4.78, 5) is 26.7. The summed E-state index contributed by atoms with van der Waals surface area (Å²) in [5, 5.41) is 15.2. The molecular weight excluding hydrogens is 422 g/mol. The first-order valence-corrected chi connectivity index (χ1v) is 10.1. The molecule has 1 fully saturated rings. The van der Waals surface area contributed by atoms with Crippen LogP contribution in [0, 0.1) is 5.92 Å². The molecule has 0 saturated carbocycles. The summed E-state index contributed by atoms with van der Waals surface area (Å²) in [5.41, 5.74) is 2.02. The molecule has 0 radical (unpaired) electrons. The molecule has 2 aromatic carbocycles. The van der Waals surface area contributed by atoms with E-state index < -0.39 is 0 Å². The van der Waals surface area contributed by atoms with E-state index in [9.17, 15) is 14.7 Å². The quantitative estimate of drug-likeness (QED) is 0.636. The van der Waals surface area contributed by atoms with Crippen LogP contribution in [0.2, 0.25) is 0 Å². The van der Waals surface area contributed by atoms with Crippen molar-refractivity contribution in [1.82, 2.24) is 4.90 Å². The van der Waals surface area contributed by atoms with Crippen molar-refractivity contribution in [3.05, 3.63) is 58.6 Å². The molecule has 7 heteroatoms. The lowest BCUT2D eigenvalue weighted by Gasteiger charge is -2.32. The second-order valence-corrected chi connectivity index (χ2v) is 7.85. The molecule has 3 N–H and O–H groups in total. The Balaban J connectivity index is 1.56. The lowest BCUT2D eigenvalue weighted by molar-refractivity contribution is -0.114. The molecule has 1 atom stereocenters. The Morgan fingerprint density at radius 3 is 2.68 bits per heavy atom. The summed E-state index contributed by atoms with van der Waals surface area (Å²) in [6.07, 6.45) is 1.86. The zero-order valence-corrected chi connectivity index (χ0v) is 17.1. The molecule has 148 valence electrons. The number of hydrogen-bond donors (Lipinski definition) is 3. The van der Waals surface area contributed by atoms with E-state index in [1.807, 2.05) is 30.3 Å². The van der Waals surface area contributed by atoms with Gasteiger partial charge in [-0.15, -0.1) is 0 Å². The van der Waals surface area contributed by atoms with Gasteiger partial charge in [0.05, 0.1) is 6.54 Å². The summed E-state index contributed by atoms with van der Waals surface area (Å²) in [6.45, 7) is 1.51. The van der Waals surface area contributed by atoms with E-state index in [-0.39, 0.29) is 30.9 Å². The van der Waals surface area contributed by atoms with Crippen molar-refractivity contribution in [3.63, 3.8) is 0 Å². The zero-order valence-electron chi connectivity index (χ0n) is 15.5. The van der Waals surface area contributed by atoms with Gasteiger partial charge in [0.2, 0.25) is 5.91 Å². The minimum atomic E-state index is -0.166.